The first-order valence-corrected chi connectivity index (χ1v) is 6.75. The number of carbonyl (C=O) groups excluding carboxylic acids is 1. The van der Waals surface area contributed by atoms with Crippen LogP contribution in [0, 0.1) is 0 Å². The molecule has 0 bridgehead atoms. The van der Waals surface area contributed by atoms with E-state index in [9.17, 15) is 18.7 Å². The highest BCUT2D eigenvalue weighted by Crippen LogP contribution is 2.19. The number of ether oxygens (including phenoxy) is 1. The smallest absolute Gasteiger partial charge is 0.387 e. The first-order valence-electron chi connectivity index (χ1n) is 6.75. The minimum atomic E-state index is -2.91. The minimum Gasteiger partial charge on any atom is -0.434 e. The lowest BCUT2D eigenvalue weighted by molar-refractivity contribution is -0.0504. The van der Waals surface area contributed by atoms with Gasteiger partial charge in [-0.15, -0.1) is 0 Å². The Labute approximate surface area is 122 Å². The second-order valence-electron chi connectivity index (χ2n) is 4.49. The number of halogens is 2. The van der Waals surface area contributed by atoms with E-state index in [2.05, 4.69) is 15.4 Å². The van der Waals surface area contributed by atoms with Crippen molar-refractivity contribution in [3.63, 3.8) is 0 Å². The number of hydrogen-bond donors (Lipinski definition) is 3. The Morgan fingerprint density at radius 2 is 2.05 bits per heavy atom. The highest BCUT2D eigenvalue weighted by atomic mass is 19.3. The van der Waals surface area contributed by atoms with Crippen LogP contribution in [0.25, 0.3) is 0 Å². The summed E-state index contributed by atoms with van der Waals surface area (Å²) in [6.45, 7) is -0.777. The maximum absolute atomic E-state index is 12.2. The molecule has 0 spiro atoms. The van der Waals surface area contributed by atoms with Crippen molar-refractivity contribution in [2.45, 2.75) is 39.0 Å². The number of carbonyl (C=O) groups is 1. The third-order valence-electron chi connectivity index (χ3n) is 2.75. The number of urea groups is 1. The number of benzene rings is 1. The summed E-state index contributed by atoms with van der Waals surface area (Å²) in [7, 11) is 0. The molecule has 0 aromatic heterocycles. The Morgan fingerprint density at radius 3 is 2.71 bits per heavy atom. The summed E-state index contributed by atoms with van der Waals surface area (Å²) in [4.78, 5) is 11.5. The van der Waals surface area contributed by atoms with Gasteiger partial charge in [-0.3, -0.25) is 0 Å². The molecular formula is C14H20F2N2O3. The Bertz CT molecular complexity index is 444. The van der Waals surface area contributed by atoms with E-state index in [0.717, 1.165) is 6.42 Å². The molecule has 118 valence electrons. The van der Waals surface area contributed by atoms with Crippen molar-refractivity contribution in [2.75, 3.05) is 6.54 Å². The number of hydrogen-bond acceptors (Lipinski definition) is 3. The summed E-state index contributed by atoms with van der Waals surface area (Å²) in [5, 5.41) is 14.5. The van der Waals surface area contributed by atoms with Crippen LogP contribution < -0.4 is 15.4 Å². The van der Waals surface area contributed by atoms with Crippen LogP contribution in [0.3, 0.4) is 0 Å². The van der Waals surface area contributed by atoms with Crippen LogP contribution >= 0.6 is 0 Å². The van der Waals surface area contributed by atoms with Gasteiger partial charge in [-0.1, -0.05) is 31.5 Å². The summed E-state index contributed by atoms with van der Waals surface area (Å²) < 4.78 is 28.8. The second kappa shape index (κ2) is 9.12. The number of aliphatic hydroxyl groups is 1. The fourth-order valence-corrected chi connectivity index (χ4v) is 1.74. The van der Waals surface area contributed by atoms with Gasteiger partial charge < -0.3 is 20.5 Å². The highest BCUT2D eigenvalue weighted by Gasteiger charge is 2.10. The first kappa shape index (κ1) is 17.2. The lowest BCUT2D eigenvalue weighted by atomic mass is 10.2. The van der Waals surface area contributed by atoms with E-state index in [1.165, 1.54) is 6.07 Å². The molecule has 1 rings (SSSR count). The maximum atomic E-state index is 12.2. The van der Waals surface area contributed by atoms with Crippen LogP contribution in [0.4, 0.5) is 13.6 Å². The number of alkyl halides is 2. The van der Waals surface area contributed by atoms with Crippen LogP contribution in [0.5, 0.6) is 5.75 Å². The molecule has 0 radical (unpaired) electrons. The molecule has 0 saturated carbocycles. The van der Waals surface area contributed by atoms with Crippen LogP contribution in [0.1, 0.15) is 25.3 Å². The van der Waals surface area contributed by atoms with E-state index in [0.29, 0.717) is 12.0 Å². The molecule has 2 amide bonds. The van der Waals surface area contributed by atoms with Gasteiger partial charge >= 0.3 is 12.6 Å². The fraction of sp³-hybridized carbons (Fsp3) is 0.500. The average Bonchev–Trinajstić information content (AvgIpc) is 2.44. The summed E-state index contributed by atoms with van der Waals surface area (Å²) >= 11 is 0. The molecule has 21 heavy (non-hydrogen) atoms. The summed E-state index contributed by atoms with van der Waals surface area (Å²) in [6, 6.07) is 5.76. The Morgan fingerprint density at radius 1 is 1.33 bits per heavy atom. The van der Waals surface area contributed by atoms with E-state index < -0.39 is 18.7 Å². The summed E-state index contributed by atoms with van der Waals surface area (Å²) in [5.41, 5.74) is 0.446. The number of para-hydroxylation sites is 1. The molecule has 5 nitrogen and oxygen atoms in total. The molecule has 0 heterocycles. The number of rotatable bonds is 8. The Balaban J connectivity index is 2.42. The molecule has 1 unspecified atom stereocenters. The van der Waals surface area contributed by atoms with Gasteiger partial charge in [-0.05, 0) is 12.5 Å². The van der Waals surface area contributed by atoms with Gasteiger partial charge in [-0.25, -0.2) is 4.79 Å². The lowest BCUT2D eigenvalue weighted by Gasteiger charge is -2.13. The standard InChI is InChI=1S/C14H20F2N2O3/c1-2-5-11(19)9-18-14(20)17-8-10-6-3-4-7-12(10)21-13(15)16/h3-4,6-7,11,13,19H,2,5,8-9H2,1H3,(H2,17,18,20). The Kier molecular flexibility index (Phi) is 7.45. The van der Waals surface area contributed by atoms with Crippen molar-refractivity contribution in [2.24, 2.45) is 0 Å². The average molecular weight is 302 g/mol. The molecule has 0 aliphatic heterocycles. The topological polar surface area (TPSA) is 70.6 Å². The fourth-order valence-electron chi connectivity index (χ4n) is 1.74. The third-order valence-corrected chi connectivity index (χ3v) is 2.75. The molecule has 3 N–H and O–H groups in total. The zero-order chi connectivity index (χ0) is 15.7. The van der Waals surface area contributed by atoms with Crippen molar-refractivity contribution < 1.29 is 23.4 Å². The zero-order valence-electron chi connectivity index (χ0n) is 11.8. The van der Waals surface area contributed by atoms with Crippen molar-refractivity contribution in [3.8, 4) is 5.75 Å². The molecule has 0 aliphatic rings. The molecule has 0 aliphatic carbocycles. The summed E-state index contributed by atoms with van der Waals surface area (Å²) in [5.74, 6) is 0.0267. The van der Waals surface area contributed by atoms with Crippen molar-refractivity contribution in [1.29, 1.82) is 0 Å². The molecule has 7 heteroatoms. The molecule has 0 fully saturated rings. The lowest BCUT2D eigenvalue weighted by Crippen LogP contribution is -2.39. The Hall–Kier alpha value is -1.89. The molecule has 1 atom stereocenters. The van der Waals surface area contributed by atoms with Gasteiger partial charge in [0.1, 0.15) is 5.75 Å². The monoisotopic (exact) mass is 302 g/mol. The van der Waals surface area contributed by atoms with Crippen LogP contribution in [-0.2, 0) is 6.54 Å². The largest absolute Gasteiger partial charge is 0.434 e. The van der Waals surface area contributed by atoms with Gasteiger partial charge in [0.05, 0.1) is 6.10 Å². The number of aliphatic hydroxyl groups excluding tert-OH is 1. The summed E-state index contributed by atoms with van der Waals surface area (Å²) in [6.07, 6.45) is 0.837. The van der Waals surface area contributed by atoms with E-state index in [4.69, 9.17) is 0 Å². The normalized spacial score (nSPS) is 12.0. The van der Waals surface area contributed by atoms with Crippen molar-refractivity contribution >= 4 is 6.03 Å². The van der Waals surface area contributed by atoms with E-state index in [-0.39, 0.29) is 18.8 Å². The van der Waals surface area contributed by atoms with Crippen molar-refractivity contribution in [1.82, 2.24) is 10.6 Å². The van der Waals surface area contributed by atoms with Gasteiger partial charge in [0.15, 0.2) is 0 Å². The predicted molar refractivity (Wildman–Crippen MR) is 74.2 cm³/mol. The van der Waals surface area contributed by atoms with E-state index in [1.54, 1.807) is 18.2 Å². The van der Waals surface area contributed by atoms with Gasteiger partial charge in [0, 0.05) is 18.7 Å². The quantitative estimate of drug-likeness (QED) is 0.690. The highest BCUT2D eigenvalue weighted by molar-refractivity contribution is 5.73. The minimum absolute atomic E-state index is 0.0267. The molecule has 0 saturated heterocycles. The number of amides is 2. The predicted octanol–water partition coefficient (Wildman–Crippen LogP) is 2.25. The second-order valence-corrected chi connectivity index (χ2v) is 4.49. The first-order chi connectivity index (χ1) is 10.0. The molecule has 1 aromatic rings. The molecule has 1 aromatic carbocycles. The van der Waals surface area contributed by atoms with Gasteiger partial charge in [0.25, 0.3) is 0 Å². The number of nitrogens with one attached hydrogen (secondary N) is 2. The molecular weight excluding hydrogens is 282 g/mol. The van der Waals surface area contributed by atoms with Crippen LogP contribution in [0.15, 0.2) is 24.3 Å². The third kappa shape index (κ3) is 6.89. The SMILES string of the molecule is CCCC(O)CNC(=O)NCc1ccccc1OC(F)F. The van der Waals surface area contributed by atoms with E-state index in [1.807, 2.05) is 6.92 Å². The van der Waals surface area contributed by atoms with Crippen LogP contribution in [-0.4, -0.2) is 30.4 Å². The van der Waals surface area contributed by atoms with Crippen molar-refractivity contribution in [3.05, 3.63) is 29.8 Å². The zero-order valence-corrected chi connectivity index (χ0v) is 11.8. The van der Waals surface area contributed by atoms with E-state index >= 15 is 0 Å². The van der Waals surface area contributed by atoms with Gasteiger partial charge in [-0.2, -0.15) is 8.78 Å². The van der Waals surface area contributed by atoms with Crippen LogP contribution in [0.2, 0.25) is 0 Å². The maximum Gasteiger partial charge on any atom is 0.387 e. The van der Waals surface area contributed by atoms with Gasteiger partial charge in [0.2, 0.25) is 0 Å².